The van der Waals surface area contributed by atoms with Gasteiger partial charge in [-0.25, -0.2) is 0 Å². The maximum atomic E-state index is 5.96. The Morgan fingerprint density at radius 3 is 2.76 bits per heavy atom. The first-order chi connectivity index (χ1) is 9.63. The van der Waals surface area contributed by atoms with Gasteiger partial charge < -0.3 is 19.9 Å². The van der Waals surface area contributed by atoms with Crippen LogP contribution in [0.25, 0.3) is 0 Å². The van der Waals surface area contributed by atoms with Gasteiger partial charge in [-0.15, -0.1) is 24.0 Å². The minimum Gasteiger partial charge on any atom is -0.370 e. The fourth-order valence-corrected chi connectivity index (χ4v) is 2.42. The number of halogens is 1. The molecule has 0 radical (unpaired) electrons. The van der Waals surface area contributed by atoms with Crippen LogP contribution in [-0.2, 0) is 4.74 Å². The van der Waals surface area contributed by atoms with Gasteiger partial charge in [0, 0.05) is 13.1 Å². The fraction of sp³-hybridized carbons (Fsp3) is 0.769. The summed E-state index contributed by atoms with van der Waals surface area (Å²) in [5.41, 5.74) is 5.96. The van der Waals surface area contributed by atoms with Crippen LogP contribution < -0.4 is 5.73 Å². The lowest BCUT2D eigenvalue weighted by atomic mass is 10.2. The molecule has 3 rings (SSSR count). The van der Waals surface area contributed by atoms with Gasteiger partial charge in [0.1, 0.15) is 6.10 Å². The lowest BCUT2D eigenvalue weighted by Crippen LogP contribution is -2.36. The molecule has 21 heavy (non-hydrogen) atoms. The van der Waals surface area contributed by atoms with Crippen molar-refractivity contribution in [3.05, 3.63) is 11.7 Å². The molecule has 8 heteroatoms. The predicted molar refractivity (Wildman–Crippen MR) is 88.6 cm³/mol. The Hall–Kier alpha value is -0.900. The van der Waals surface area contributed by atoms with E-state index in [1.54, 1.807) is 6.92 Å². The van der Waals surface area contributed by atoms with Crippen molar-refractivity contribution in [2.24, 2.45) is 10.7 Å². The number of aryl methyl sites for hydroxylation is 1. The lowest BCUT2D eigenvalue weighted by Gasteiger charge is -2.17. The summed E-state index contributed by atoms with van der Waals surface area (Å²) in [5.74, 6) is 1.81. The average Bonchev–Trinajstić information content (AvgIpc) is 3.03. The van der Waals surface area contributed by atoms with E-state index in [1.165, 1.54) is 12.8 Å². The van der Waals surface area contributed by atoms with Crippen molar-refractivity contribution in [3.8, 4) is 0 Å². The van der Waals surface area contributed by atoms with Gasteiger partial charge >= 0.3 is 0 Å². The number of nitrogens with two attached hydrogens (primary N) is 1. The molecule has 0 unspecified atom stereocenters. The highest BCUT2D eigenvalue weighted by atomic mass is 127. The van der Waals surface area contributed by atoms with Gasteiger partial charge in [-0.3, -0.25) is 4.99 Å². The number of hydrogen-bond acceptors (Lipinski definition) is 5. The fourth-order valence-electron chi connectivity index (χ4n) is 2.42. The first-order valence-electron chi connectivity index (χ1n) is 7.12. The minimum atomic E-state index is -0.0983. The Balaban J connectivity index is 0.00000161. The second-order valence-corrected chi connectivity index (χ2v) is 5.54. The minimum absolute atomic E-state index is 0. The highest BCUT2D eigenvalue weighted by molar-refractivity contribution is 14.0. The highest BCUT2D eigenvalue weighted by Crippen LogP contribution is 2.32. The van der Waals surface area contributed by atoms with E-state index in [0.29, 0.717) is 30.3 Å². The number of guanidine groups is 1. The Morgan fingerprint density at radius 2 is 2.14 bits per heavy atom. The van der Waals surface area contributed by atoms with E-state index in [-0.39, 0.29) is 36.2 Å². The Kier molecular flexibility index (Phi) is 5.42. The van der Waals surface area contributed by atoms with Crippen molar-refractivity contribution >= 4 is 29.9 Å². The highest BCUT2D eigenvalue weighted by Gasteiger charge is 2.31. The van der Waals surface area contributed by atoms with E-state index in [1.807, 2.05) is 11.9 Å². The lowest BCUT2D eigenvalue weighted by molar-refractivity contribution is 0.0308. The third kappa shape index (κ3) is 4.06. The molecule has 0 spiro atoms. The van der Waals surface area contributed by atoms with Crippen molar-refractivity contribution in [2.75, 3.05) is 13.6 Å². The van der Waals surface area contributed by atoms with Crippen molar-refractivity contribution in [1.29, 1.82) is 0 Å². The molecule has 1 aliphatic carbocycles. The quantitative estimate of drug-likeness (QED) is 0.464. The molecule has 0 bridgehead atoms. The number of hydrogen-bond donors (Lipinski definition) is 1. The van der Waals surface area contributed by atoms with Gasteiger partial charge in [0.05, 0.1) is 12.6 Å². The molecule has 2 aliphatic rings. The predicted octanol–water partition coefficient (Wildman–Crippen LogP) is 1.63. The van der Waals surface area contributed by atoms with Crippen molar-refractivity contribution in [2.45, 2.75) is 50.9 Å². The largest absolute Gasteiger partial charge is 0.370 e. The first-order valence-corrected chi connectivity index (χ1v) is 7.12. The maximum Gasteiger partial charge on any atom is 0.255 e. The third-order valence-electron chi connectivity index (χ3n) is 3.84. The van der Waals surface area contributed by atoms with E-state index in [0.717, 1.165) is 12.8 Å². The Morgan fingerprint density at radius 1 is 1.38 bits per heavy atom. The number of aromatic nitrogens is 2. The van der Waals surface area contributed by atoms with Gasteiger partial charge in [-0.1, -0.05) is 5.16 Å². The van der Waals surface area contributed by atoms with E-state index in [4.69, 9.17) is 15.0 Å². The average molecular weight is 407 g/mol. The molecule has 2 heterocycles. The molecular formula is C13H22IN5O2. The zero-order valence-electron chi connectivity index (χ0n) is 12.4. The van der Waals surface area contributed by atoms with Gasteiger partial charge in [-0.2, -0.15) is 4.98 Å². The van der Waals surface area contributed by atoms with Crippen molar-refractivity contribution < 1.29 is 9.26 Å². The summed E-state index contributed by atoms with van der Waals surface area (Å²) in [6.45, 7) is 2.39. The zero-order valence-corrected chi connectivity index (χ0v) is 14.7. The zero-order chi connectivity index (χ0) is 14.1. The summed E-state index contributed by atoms with van der Waals surface area (Å²) < 4.78 is 11.0. The summed E-state index contributed by atoms with van der Waals surface area (Å²) in [6, 6.07) is 0.581. The summed E-state index contributed by atoms with van der Waals surface area (Å²) in [4.78, 5) is 10.7. The molecule has 7 nitrogen and oxygen atoms in total. The normalized spacial score (nSPS) is 25.7. The van der Waals surface area contributed by atoms with Crippen LogP contribution in [0.1, 0.15) is 43.5 Å². The Labute approximate surface area is 141 Å². The van der Waals surface area contributed by atoms with Crippen LogP contribution in [0.4, 0.5) is 0 Å². The van der Waals surface area contributed by atoms with Crippen LogP contribution in [0.15, 0.2) is 9.52 Å². The molecule has 1 aliphatic heterocycles. The van der Waals surface area contributed by atoms with Gasteiger partial charge in [0.15, 0.2) is 11.8 Å². The third-order valence-corrected chi connectivity index (χ3v) is 3.84. The van der Waals surface area contributed by atoms with Crippen LogP contribution in [0.5, 0.6) is 0 Å². The maximum absolute atomic E-state index is 5.96. The molecule has 1 saturated carbocycles. The topological polar surface area (TPSA) is 89.8 Å². The molecule has 1 saturated heterocycles. The molecule has 0 amide bonds. The van der Waals surface area contributed by atoms with Gasteiger partial charge in [-0.05, 0) is 32.6 Å². The summed E-state index contributed by atoms with van der Waals surface area (Å²) in [7, 11) is 2.00. The SMILES string of the molecule is Cc1noc([C@@H]2CC[C@H](CN=C(N)N(C)C3CC3)O2)n1.I. The molecule has 2 atom stereocenters. The molecular weight excluding hydrogens is 385 g/mol. The van der Waals surface area contributed by atoms with E-state index >= 15 is 0 Å². The van der Waals surface area contributed by atoms with E-state index < -0.39 is 0 Å². The molecule has 2 fully saturated rings. The number of ether oxygens (including phenoxy) is 1. The number of rotatable bonds is 4. The molecule has 118 valence electrons. The van der Waals surface area contributed by atoms with Crippen molar-refractivity contribution in [3.63, 3.8) is 0 Å². The second kappa shape index (κ2) is 6.91. The molecule has 1 aromatic heterocycles. The molecule has 2 N–H and O–H groups in total. The van der Waals surface area contributed by atoms with Crippen molar-refractivity contribution in [1.82, 2.24) is 15.0 Å². The Bertz CT molecular complexity index is 503. The molecule has 0 aromatic carbocycles. The summed E-state index contributed by atoms with van der Waals surface area (Å²) in [5, 5.41) is 3.79. The number of nitrogens with zero attached hydrogens (tertiary/aromatic N) is 4. The van der Waals surface area contributed by atoms with Crippen LogP contribution in [0.3, 0.4) is 0 Å². The van der Waals surface area contributed by atoms with Crippen LogP contribution in [0, 0.1) is 6.92 Å². The smallest absolute Gasteiger partial charge is 0.255 e. The summed E-state index contributed by atoms with van der Waals surface area (Å²) >= 11 is 0. The van der Waals surface area contributed by atoms with Crippen LogP contribution in [0.2, 0.25) is 0 Å². The standard InChI is InChI=1S/C13H21N5O2.HI/c1-8-16-12(20-17-8)11-6-5-10(19-11)7-15-13(14)18(2)9-3-4-9;/h9-11H,3-7H2,1-2H3,(H2,14,15);1H/t10-,11+;/m1./s1. The number of aliphatic imine (C=N–C) groups is 1. The monoisotopic (exact) mass is 407 g/mol. The molecule has 1 aromatic rings. The first kappa shape index (κ1) is 16.5. The van der Waals surface area contributed by atoms with Crippen LogP contribution in [-0.4, -0.2) is 46.7 Å². The summed E-state index contributed by atoms with van der Waals surface area (Å²) in [6.07, 6.45) is 4.24. The van der Waals surface area contributed by atoms with E-state index in [9.17, 15) is 0 Å². The van der Waals surface area contributed by atoms with Crippen LogP contribution >= 0.6 is 24.0 Å². The van der Waals surface area contributed by atoms with E-state index in [2.05, 4.69) is 15.1 Å². The second-order valence-electron chi connectivity index (χ2n) is 5.54. The van der Waals surface area contributed by atoms with Gasteiger partial charge in [0.2, 0.25) is 0 Å². The van der Waals surface area contributed by atoms with Gasteiger partial charge in [0.25, 0.3) is 5.89 Å².